The molecule has 4 rings (SSSR count). The highest BCUT2D eigenvalue weighted by Gasteiger charge is 2.34. The average molecular weight is 288 g/mol. The molecule has 114 valence electrons. The molecule has 4 heteroatoms. The van der Waals surface area contributed by atoms with Crippen LogP contribution in [-0.2, 0) is 0 Å². The lowest BCUT2D eigenvalue weighted by Crippen LogP contribution is -2.35. The van der Waals surface area contributed by atoms with E-state index in [4.69, 9.17) is 15.2 Å². The van der Waals surface area contributed by atoms with Crippen molar-refractivity contribution in [1.29, 1.82) is 0 Å². The largest absolute Gasteiger partial charge is 0.486 e. The number of hydrogen-bond donors (Lipinski definition) is 1. The number of nitrogen functional groups attached to an aromatic ring is 1. The quantitative estimate of drug-likeness (QED) is 0.849. The highest BCUT2D eigenvalue weighted by Crippen LogP contribution is 2.43. The number of fused-ring (bicyclic) bond motifs is 1. The molecular formula is C17H24N2O2. The average Bonchev–Trinajstić information content (AvgIpc) is 3.17. The first-order valence-corrected chi connectivity index (χ1v) is 8.29. The van der Waals surface area contributed by atoms with Gasteiger partial charge in [0.15, 0.2) is 11.5 Å². The first-order valence-electron chi connectivity index (χ1n) is 8.29. The van der Waals surface area contributed by atoms with Crippen molar-refractivity contribution in [2.45, 2.75) is 44.6 Å². The van der Waals surface area contributed by atoms with Crippen LogP contribution in [0.15, 0.2) is 12.1 Å². The summed E-state index contributed by atoms with van der Waals surface area (Å²) in [5.41, 5.74) is 8.28. The SMILES string of the molecule is Nc1cc2c(cc1N1CCCC1C1CCCC1)OCCO2. The molecule has 2 aliphatic heterocycles. The van der Waals surface area contributed by atoms with Crippen LogP contribution in [0.4, 0.5) is 11.4 Å². The molecule has 1 aliphatic carbocycles. The zero-order valence-corrected chi connectivity index (χ0v) is 12.5. The van der Waals surface area contributed by atoms with Gasteiger partial charge in [0.25, 0.3) is 0 Å². The molecule has 4 nitrogen and oxygen atoms in total. The maximum absolute atomic E-state index is 6.31. The first kappa shape index (κ1) is 13.1. The number of ether oxygens (including phenoxy) is 2. The summed E-state index contributed by atoms with van der Waals surface area (Å²) in [6.07, 6.45) is 8.13. The van der Waals surface area contributed by atoms with Gasteiger partial charge in [-0.05, 0) is 31.6 Å². The van der Waals surface area contributed by atoms with Crippen LogP contribution in [0.2, 0.25) is 0 Å². The van der Waals surface area contributed by atoms with Gasteiger partial charge in [-0.15, -0.1) is 0 Å². The van der Waals surface area contributed by atoms with E-state index in [-0.39, 0.29) is 0 Å². The van der Waals surface area contributed by atoms with Crippen LogP contribution >= 0.6 is 0 Å². The minimum Gasteiger partial charge on any atom is -0.486 e. The van der Waals surface area contributed by atoms with Gasteiger partial charge in [-0.3, -0.25) is 0 Å². The molecule has 0 spiro atoms. The van der Waals surface area contributed by atoms with Crippen LogP contribution < -0.4 is 20.1 Å². The van der Waals surface area contributed by atoms with Crippen molar-refractivity contribution in [3.8, 4) is 11.5 Å². The van der Waals surface area contributed by atoms with Gasteiger partial charge in [0.2, 0.25) is 0 Å². The summed E-state index contributed by atoms with van der Waals surface area (Å²) in [5, 5.41) is 0. The predicted molar refractivity (Wildman–Crippen MR) is 84.2 cm³/mol. The first-order chi connectivity index (χ1) is 10.3. The van der Waals surface area contributed by atoms with E-state index in [0.29, 0.717) is 19.3 Å². The van der Waals surface area contributed by atoms with Crippen molar-refractivity contribution >= 4 is 11.4 Å². The molecule has 21 heavy (non-hydrogen) atoms. The lowest BCUT2D eigenvalue weighted by atomic mass is 9.95. The van der Waals surface area contributed by atoms with Crippen molar-refractivity contribution < 1.29 is 9.47 Å². The Morgan fingerprint density at radius 1 is 0.952 bits per heavy atom. The predicted octanol–water partition coefficient (Wildman–Crippen LogP) is 3.20. The Morgan fingerprint density at radius 2 is 1.67 bits per heavy atom. The summed E-state index contributed by atoms with van der Waals surface area (Å²) >= 11 is 0. The molecule has 1 saturated carbocycles. The third-order valence-corrected chi connectivity index (χ3v) is 5.24. The number of hydrogen-bond acceptors (Lipinski definition) is 4. The molecule has 0 aromatic heterocycles. The highest BCUT2D eigenvalue weighted by atomic mass is 16.6. The summed E-state index contributed by atoms with van der Waals surface area (Å²) in [7, 11) is 0. The van der Waals surface area contributed by atoms with E-state index in [1.165, 1.54) is 38.5 Å². The van der Waals surface area contributed by atoms with Crippen molar-refractivity contribution in [3.63, 3.8) is 0 Å². The zero-order chi connectivity index (χ0) is 14.2. The lowest BCUT2D eigenvalue weighted by molar-refractivity contribution is 0.171. The lowest BCUT2D eigenvalue weighted by Gasteiger charge is -2.33. The summed E-state index contributed by atoms with van der Waals surface area (Å²) in [6.45, 7) is 2.35. The van der Waals surface area contributed by atoms with Gasteiger partial charge < -0.3 is 20.1 Å². The second-order valence-corrected chi connectivity index (χ2v) is 6.50. The Balaban J connectivity index is 1.65. The fourth-order valence-corrected chi connectivity index (χ4v) is 4.27. The topological polar surface area (TPSA) is 47.7 Å². The Kier molecular flexibility index (Phi) is 3.32. The van der Waals surface area contributed by atoms with E-state index in [9.17, 15) is 0 Å². The molecule has 1 aromatic carbocycles. The summed E-state index contributed by atoms with van der Waals surface area (Å²) in [6, 6.07) is 4.70. The maximum Gasteiger partial charge on any atom is 0.163 e. The zero-order valence-electron chi connectivity index (χ0n) is 12.5. The monoisotopic (exact) mass is 288 g/mol. The Hall–Kier alpha value is -1.58. The fraction of sp³-hybridized carbons (Fsp3) is 0.647. The van der Waals surface area contributed by atoms with Gasteiger partial charge in [-0.1, -0.05) is 12.8 Å². The van der Waals surface area contributed by atoms with Crippen molar-refractivity contribution in [2.24, 2.45) is 5.92 Å². The van der Waals surface area contributed by atoms with Crippen LogP contribution in [0.25, 0.3) is 0 Å². The molecule has 1 atom stereocenters. The Labute approximate surface area is 126 Å². The summed E-state index contributed by atoms with van der Waals surface area (Å²) < 4.78 is 11.4. The van der Waals surface area contributed by atoms with Crippen LogP contribution in [-0.4, -0.2) is 25.8 Å². The van der Waals surface area contributed by atoms with E-state index >= 15 is 0 Å². The van der Waals surface area contributed by atoms with E-state index in [2.05, 4.69) is 11.0 Å². The number of anilines is 2. The minimum atomic E-state index is 0.611. The van der Waals surface area contributed by atoms with Gasteiger partial charge >= 0.3 is 0 Å². The van der Waals surface area contributed by atoms with E-state index < -0.39 is 0 Å². The van der Waals surface area contributed by atoms with Crippen LogP contribution in [0.5, 0.6) is 11.5 Å². The van der Waals surface area contributed by atoms with Gasteiger partial charge in [-0.2, -0.15) is 0 Å². The highest BCUT2D eigenvalue weighted by molar-refractivity contribution is 5.74. The van der Waals surface area contributed by atoms with Gasteiger partial charge in [0, 0.05) is 24.7 Å². The van der Waals surface area contributed by atoms with Gasteiger partial charge in [0.1, 0.15) is 13.2 Å². The molecule has 1 saturated heterocycles. The molecular weight excluding hydrogens is 264 g/mol. The number of benzene rings is 1. The van der Waals surface area contributed by atoms with Crippen molar-refractivity contribution in [2.75, 3.05) is 30.4 Å². The second-order valence-electron chi connectivity index (χ2n) is 6.50. The Morgan fingerprint density at radius 3 is 2.43 bits per heavy atom. The maximum atomic E-state index is 6.31. The van der Waals surface area contributed by atoms with Crippen LogP contribution in [0, 0.1) is 5.92 Å². The normalized spacial score (nSPS) is 25.5. The van der Waals surface area contributed by atoms with Crippen molar-refractivity contribution in [3.05, 3.63) is 12.1 Å². The van der Waals surface area contributed by atoms with Crippen LogP contribution in [0.3, 0.4) is 0 Å². The number of nitrogens with zero attached hydrogens (tertiary/aromatic N) is 1. The molecule has 2 N–H and O–H groups in total. The van der Waals surface area contributed by atoms with E-state index in [1.54, 1.807) is 0 Å². The van der Waals surface area contributed by atoms with Crippen molar-refractivity contribution in [1.82, 2.24) is 0 Å². The third-order valence-electron chi connectivity index (χ3n) is 5.24. The Bertz CT molecular complexity index is 526. The standard InChI is InChI=1S/C17H24N2O2/c18-13-10-16-17(21-9-8-20-16)11-15(13)19-7-3-6-14(19)12-4-1-2-5-12/h10-12,14H,1-9,18H2. The van der Waals surface area contributed by atoms with Gasteiger partial charge in [-0.25, -0.2) is 0 Å². The fourth-order valence-electron chi connectivity index (χ4n) is 4.27. The second kappa shape index (κ2) is 5.32. The smallest absolute Gasteiger partial charge is 0.163 e. The molecule has 3 aliphatic rings. The number of rotatable bonds is 2. The molecule has 1 unspecified atom stereocenters. The van der Waals surface area contributed by atoms with E-state index in [0.717, 1.165) is 35.3 Å². The number of nitrogens with two attached hydrogens (primary N) is 1. The molecule has 2 heterocycles. The van der Waals surface area contributed by atoms with Gasteiger partial charge in [0.05, 0.1) is 11.4 Å². The molecule has 0 bridgehead atoms. The molecule has 0 amide bonds. The minimum absolute atomic E-state index is 0.611. The summed E-state index contributed by atoms with van der Waals surface area (Å²) in [5.74, 6) is 2.49. The van der Waals surface area contributed by atoms with E-state index in [1.807, 2.05) is 6.07 Å². The molecule has 0 radical (unpaired) electrons. The molecule has 1 aromatic rings. The molecule has 2 fully saturated rings. The summed E-state index contributed by atoms with van der Waals surface area (Å²) in [4.78, 5) is 2.53. The van der Waals surface area contributed by atoms with Crippen LogP contribution in [0.1, 0.15) is 38.5 Å². The third kappa shape index (κ3) is 2.30.